The van der Waals surface area contributed by atoms with Crippen molar-refractivity contribution in [1.82, 2.24) is 0 Å². The summed E-state index contributed by atoms with van der Waals surface area (Å²) in [6, 6.07) is 7.61. The van der Waals surface area contributed by atoms with Crippen molar-refractivity contribution >= 4 is 11.6 Å². The topological polar surface area (TPSA) is 44.1 Å². The molecule has 1 amide bonds. The molecule has 1 atom stereocenters. The molecule has 1 aliphatic rings. The molecular formula is C12H12N2O. The Bertz CT molecular complexity index is 459. The Morgan fingerprint density at radius 1 is 1.60 bits per heavy atom. The Morgan fingerprint density at radius 3 is 2.93 bits per heavy atom. The quantitative estimate of drug-likeness (QED) is 0.643. The molecule has 1 aromatic rings. The van der Waals surface area contributed by atoms with Gasteiger partial charge in [-0.2, -0.15) is 5.26 Å². The summed E-state index contributed by atoms with van der Waals surface area (Å²) in [5.74, 6) is 0.377. The summed E-state index contributed by atoms with van der Waals surface area (Å²) in [5, 5.41) is 8.80. The summed E-state index contributed by atoms with van der Waals surface area (Å²) in [5.41, 5.74) is 2.71. The van der Waals surface area contributed by atoms with Crippen LogP contribution in [0, 0.1) is 11.3 Å². The van der Waals surface area contributed by atoms with E-state index in [9.17, 15) is 4.79 Å². The van der Waals surface area contributed by atoms with Gasteiger partial charge in [0, 0.05) is 25.1 Å². The Hall–Kier alpha value is -1.82. The van der Waals surface area contributed by atoms with Crippen LogP contribution in [0.25, 0.3) is 0 Å². The third-order valence-corrected chi connectivity index (χ3v) is 2.81. The first-order chi connectivity index (χ1) is 7.13. The fourth-order valence-electron chi connectivity index (χ4n) is 2.03. The molecule has 0 N–H and O–H groups in total. The molecule has 0 aromatic heterocycles. The van der Waals surface area contributed by atoms with Crippen molar-refractivity contribution in [2.75, 3.05) is 11.4 Å². The zero-order valence-electron chi connectivity index (χ0n) is 8.82. The predicted molar refractivity (Wildman–Crippen MR) is 57.6 cm³/mol. The molecule has 3 nitrogen and oxygen atoms in total. The van der Waals surface area contributed by atoms with E-state index in [4.69, 9.17) is 5.26 Å². The lowest BCUT2D eigenvalue weighted by atomic mass is 10.0. The second-order valence-corrected chi connectivity index (χ2v) is 3.92. The minimum Gasteiger partial charge on any atom is -0.312 e. The van der Waals surface area contributed by atoms with Crippen molar-refractivity contribution in [2.45, 2.75) is 19.8 Å². The number of rotatable bonds is 0. The van der Waals surface area contributed by atoms with Gasteiger partial charge in [0.2, 0.25) is 5.91 Å². The SMILES string of the molecule is CC(=O)N1CC(C)c2cc(C#N)ccc21. The zero-order chi connectivity index (χ0) is 11.0. The number of hydrogen-bond donors (Lipinski definition) is 0. The highest BCUT2D eigenvalue weighted by Crippen LogP contribution is 2.36. The first-order valence-corrected chi connectivity index (χ1v) is 4.95. The van der Waals surface area contributed by atoms with Crippen LogP contribution < -0.4 is 4.90 Å². The number of nitriles is 1. The molecule has 3 heteroatoms. The summed E-state index contributed by atoms with van der Waals surface area (Å²) in [7, 11) is 0. The highest BCUT2D eigenvalue weighted by Gasteiger charge is 2.27. The van der Waals surface area contributed by atoms with Crippen molar-refractivity contribution in [3.8, 4) is 6.07 Å². The van der Waals surface area contributed by atoms with Gasteiger partial charge in [0.05, 0.1) is 11.6 Å². The Balaban J connectivity index is 2.51. The molecule has 0 saturated carbocycles. The van der Waals surface area contributed by atoms with E-state index >= 15 is 0 Å². The second-order valence-electron chi connectivity index (χ2n) is 3.92. The van der Waals surface area contributed by atoms with E-state index < -0.39 is 0 Å². The molecule has 0 radical (unpaired) electrons. The van der Waals surface area contributed by atoms with Crippen LogP contribution in [0.15, 0.2) is 18.2 Å². The minimum atomic E-state index is 0.0605. The molecule has 15 heavy (non-hydrogen) atoms. The summed E-state index contributed by atoms with van der Waals surface area (Å²) in [6.45, 7) is 4.36. The molecule has 1 aromatic carbocycles. The Kier molecular flexibility index (Phi) is 2.20. The molecular weight excluding hydrogens is 188 g/mol. The lowest BCUT2D eigenvalue weighted by Gasteiger charge is -2.14. The lowest BCUT2D eigenvalue weighted by Crippen LogP contribution is -2.26. The van der Waals surface area contributed by atoms with Crippen LogP contribution in [0.3, 0.4) is 0 Å². The van der Waals surface area contributed by atoms with Crippen molar-refractivity contribution in [3.05, 3.63) is 29.3 Å². The van der Waals surface area contributed by atoms with Crippen LogP contribution in [0.5, 0.6) is 0 Å². The highest BCUT2D eigenvalue weighted by molar-refractivity contribution is 5.94. The molecule has 0 saturated heterocycles. The average molecular weight is 200 g/mol. The van der Waals surface area contributed by atoms with Gasteiger partial charge in [-0.3, -0.25) is 4.79 Å². The summed E-state index contributed by atoms with van der Waals surface area (Å²) in [6.07, 6.45) is 0. The molecule has 1 aliphatic heterocycles. The normalized spacial score (nSPS) is 18.5. The Labute approximate surface area is 88.9 Å². The molecule has 1 heterocycles. The maximum atomic E-state index is 11.4. The van der Waals surface area contributed by atoms with Crippen molar-refractivity contribution < 1.29 is 4.79 Å². The lowest BCUT2D eigenvalue weighted by molar-refractivity contribution is -0.116. The van der Waals surface area contributed by atoms with Crippen LogP contribution in [0.1, 0.15) is 30.9 Å². The number of amides is 1. The predicted octanol–water partition coefficient (Wildman–Crippen LogP) is 2.03. The first-order valence-electron chi connectivity index (χ1n) is 4.95. The highest BCUT2D eigenvalue weighted by atomic mass is 16.2. The second kappa shape index (κ2) is 3.39. The van der Waals surface area contributed by atoms with Crippen LogP contribution >= 0.6 is 0 Å². The van der Waals surface area contributed by atoms with E-state index in [2.05, 4.69) is 13.0 Å². The van der Waals surface area contributed by atoms with Gasteiger partial charge in [0.15, 0.2) is 0 Å². The molecule has 0 bridgehead atoms. The van der Waals surface area contributed by atoms with Crippen molar-refractivity contribution in [2.24, 2.45) is 0 Å². The van der Waals surface area contributed by atoms with Crippen LogP contribution in [-0.4, -0.2) is 12.5 Å². The fourth-order valence-corrected chi connectivity index (χ4v) is 2.03. The van der Waals surface area contributed by atoms with Gasteiger partial charge in [-0.25, -0.2) is 0 Å². The van der Waals surface area contributed by atoms with E-state index in [0.717, 1.165) is 17.8 Å². The number of nitrogens with zero attached hydrogens (tertiary/aromatic N) is 2. The number of carbonyl (C=O) groups is 1. The molecule has 2 rings (SSSR count). The smallest absolute Gasteiger partial charge is 0.223 e. The van der Waals surface area contributed by atoms with Crippen LogP contribution in [0.4, 0.5) is 5.69 Å². The summed E-state index contributed by atoms with van der Waals surface area (Å²) < 4.78 is 0. The monoisotopic (exact) mass is 200 g/mol. The van der Waals surface area contributed by atoms with E-state index in [1.165, 1.54) is 0 Å². The minimum absolute atomic E-state index is 0.0605. The van der Waals surface area contributed by atoms with E-state index in [-0.39, 0.29) is 5.91 Å². The fraction of sp³-hybridized carbons (Fsp3) is 0.333. The van der Waals surface area contributed by atoms with Crippen molar-refractivity contribution in [1.29, 1.82) is 5.26 Å². The standard InChI is InChI=1S/C12H12N2O/c1-8-7-14(9(2)15)12-4-3-10(6-13)5-11(8)12/h3-5,8H,7H2,1-2H3. The van der Waals surface area contributed by atoms with E-state index in [1.807, 2.05) is 12.1 Å². The molecule has 1 unspecified atom stereocenters. The number of fused-ring (bicyclic) bond motifs is 1. The van der Waals surface area contributed by atoms with E-state index in [0.29, 0.717) is 11.5 Å². The van der Waals surface area contributed by atoms with Gasteiger partial charge in [-0.05, 0) is 23.8 Å². The third-order valence-electron chi connectivity index (χ3n) is 2.81. The van der Waals surface area contributed by atoms with Crippen molar-refractivity contribution in [3.63, 3.8) is 0 Å². The summed E-state index contributed by atoms with van der Waals surface area (Å²) >= 11 is 0. The molecule has 0 fully saturated rings. The number of anilines is 1. The largest absolute Gasteiger partial charge is 0.312 e. The maximum Gasteiger partial charge on any atom is 0.223 e. The Morgan fingerprint density at radius 2 is 2.33 bits per heavy atom. The molecule has 76 valence electrons. The first kappa shape index (κ1) is 9.72. The van der Waals surface area contributed by atoms with E-state index in [1.54, 1.807) is 17.9 Å². The molecule has 0 aliphatic carbocycles. The molecule has 0 spiro atoms. The zero-order valence-corrected chi connectivity index (χ0v) is 8.82. The van der Waals surface area contributed by atoms with Crippen LogP contribution in [-0.2, 0) is 4.79 Å². The average Bonchev–Trinajstić information content (AvgIpc) is 2.56. The van der Waals surface area contributed by atoms with Gasteiger partial charge in [0.25, 0.3) is 0 Å². The number of carbonyl (C=O) groups excluding carboxylic acids is 1. The van der Waals surface area contributed by atoms with Gasteiger partial charge in [0.1, 0.15) is 0 Å². The maximum absolute atomic E-state index is 11.4. The van der Waals surface area contributed by atoms with Gasteiger partial charge in [-0.15, -0.1) is 0 Å². The summed E-state index contributed by atoms with van der Waals surface area (Å²) in [4.78, 5) is 13.1. The van der Waals surface area contributed by atoms with Gasteiger partial charge in [-0.1, -0.05) is 6.92 Å². The third kappa shape index (κ3) is 1.48. The van der Waals surface area contributed by atoms with Crippen LogP contribution in [0.2, 0.25) is 0 Å². The number of hydrogen-bond acceptors (Lipinski definition) is 2. The van der Waals surface area contributed by atoms with Gasteiger partial charge < -0.3 is 4.90 Å². The number of benzene rings is 1. The van der Waals surface area contributed by atoms with Gasteiger partial charge >= 0.3 is 0 Å².